The van der Waals surface area contributed by atoms with Gasteiger partial charge in [0, 0.05) is 10.6 Å². The van der Waals surface area contributed by atoms with Gasteiger partial charge in [-0.25, -0.2) is 4.68 Å². The molecule has 0 saturated carbocycles. The summed E-state index contributed by atoms with van der Waals surface area (Å²) in [5.41, 5.74) is 4.28. The van der Waals surface area contributed by atoms with Crippen LogP contribution in [0.1, 0.15) is 27.2 Å². The number of hydrogen-bond donors (Lipinski definition) is 1. The summed E-state index contributed by atoms with van der Waals surface area (Å²) >= 11 is 6.07. The molecule has 0 aliphatic rings. The number of amides is 1. The van der Waals surface area contributed by atoms with Gasteiger partial charge in [0.05, 0.1) is 11.3 Å². The largest absolute Gasteiger partial charge is 0.306 e. The first-order valence-corrected chi connectivity index (χ1v) is 10.6. The van der Waals surface area contributed by atoms with Gasteiger partial charge in [-0.15, -0.1) is 0 Å². The predicted molar refractivity (Wildman–Crippen MR) is 129 cm³/mol. The highest BCUT2D eigenvalue weighted by Crippen LogP contribution is 2.28. The van der Waals surface area contributed by atoms with E-state index < -0.39 is 0 Å². The van der Waals surface area contributed by atoms with Crippen molar-refractivity contribution in [1.29, 1.82) is 0 Å². The van der Waals surface area contributed by atoms with Crippen LogP contribution in [0.3, 0.4) is 0 Å². The molecule has 5 nitrogen and oxygen atoms in total. The number of nitrogens with one attached hydrogen (secondary N) is 1. The second-order valence-corrected chi connectivity index (χ2v) is 8.10. The van der Waals surface area contributed by atoms with Crippen molar-refractivity contribution in [3.05, 3.63) is 110 Å². The molecule has 0 fully saturated rings. The maximum atomic E-state index is 13.2. The average Bonchev–Trinajstić information content (AvgIpc) is 2.78. The highest BCUT2D eigenvalue weighted by molar-refractivity contribution is 6.30. The van der Waals surface area contributed by atoms with Crippen molar-refractivity contribution >= 4 is 23.3 Å². The van der Waals surface area contributed by atoms with E-state index in [0.29, 0.717) is 38.9 Å². The fourth-order valence-corrected chi connectivity index (χ4v) is 3.64. The monoisotopic (exact) mass is 443 g/mol. The second kappa shape index (κ2) is 8.81. The zero-order valence-electron chi connectivity index (χ0n) is 18.0. The lowest BCUT2D eigenvalue weighted by Crippen LogP contribution is -2.25. The lowest BCUT2D eigenvalue weighted by molar-refractivity contribution is 0.102. The molecule has 0 bridgehead atoms. The number of nitrogens with zero attached hydrogens (tertiary/aromatic N) is 2. The minimum atomic E-state index is -0.316. The maximum Gasteiger partial charge on any atom is 0.257 e. The van der Waals surface area contributed by atoms with E-state index in [0.717, 1.165) is 11.1 Å². The summed E-state index contributed by atoms with van der Waals surface area (Å²) in [5, 5.41) is 8.03. The Hall–Kier alpha value is -3.70. The number of carbonyl (C=O) groups excluding carboxylic acids is 1. The normalized spacial score (nSPS) is 10.8. The summed E-state index contributed by atoms with van der Waals surface area (Å²) in [4.78, 5) is 26.5. The number of hydrogen-bond acceptors (Lipinski definition) is 3. The van der Waals surface area contributed by atoms with Gasteiger partial charge in [-0.1, -0.05) is 59.6 Å². The molecular weight excluding hydrogens is 422 g/mol. The van der Waals surface area contributed by atoms with Crippen LogP contribution in [0.15, 0.2) is 77.6 Å². The van der Waals surface area contributed by atoms with E-state index in [1.54, 1.807) is 41.9 Å². The first-order chi connectivity index (χ1) is 15.3. The molecule has 3 aromatic carbocycles. The van der Waals surface area contributed by atoms with Crippen molar-refractivity contribution in [2.24, 2.45) is 0 Å². The highest BCUT2D eigenvalue weighted by atomic mass is 35.5. The molecule has 0 unspecified atom stereocenters. The first-order valence-electron chi connectivity index (χ1n) is 10.2. The van der Waals surface area contributed by atoms with E-state index in [1.807, 2.05) is 56.3 Å². The zero-order valence-corrected chi connectivity index (χ0v) is 18.8. The first kappa shape index (κ1) is 21.5. The highest BCUT2D eigenvalue weighted by Gasteiger charge is 2.21. The van der Waals surface area contributed by atoms with E-state index in [-0.39, 0.29) is 11.3 Å². The summed E-state index contributed by atoms with van der Waals surface area (Å²) in [5.74, 6) is -0.00995. The Labute approximate surface area is 191 Å². The fourth-order valence-electron chi connectivity index (χ4n) is 3.51. The molecule has 1 aromatic heterocycles. The molecule has 0 aliphatic carbocycles. The van der Waals surface area contributed by atoms with Crippen molar-refractivity contribution in [3.8, 4) is 16.8 Å². The molecule has 4 aromatic rings. The summed E-state index contributed by atoms with van der Waals surface area (Å²) in [6.07, 6.45) is 0. The average molecular weight is 444 g/mol. The number of halogens is 1. The van der Waals surface area contributed by atoms with Crippen LogP contribution in [0.5, 0.6) is 0 Å². The van der Waals surface area contributed by atoms with Crippen LogP contribution in [0, 0.1) is 20.8 Å². The van der Waals surface area contributed by atoms with Crippen LogP contribution in [-0.4, -0.2) is 15.7 Å². The fraction of sp³-hybridized carbons (Fsp3) is 0.115. The third kappa shape index (κ3) is 4.20. The van der Waals surface area contributed by atoms with Gasteiger partial charge in [-0.2, -0.15) is 5.10 Å². The van der Waals surface area contributed by atoms with Crippen LogP contribution >= 0.6 is 11.6 Å². The van der Waals surface area contributed by atoms with Crippen molar-refractivity contribution in [2.75, 3.05) is 5.32 Å². The van der Waals surface area contributed by atoms with Gasteiger partial charge in [-0.05, 0) is 62.2 Å². The van der Waals surface area contributed by atoms with Crippen molar-refractivity contribution < 1.29 is 4.79 Å². The Kier molecular flexibility index (Phi) is 5.93. The van der Waals surface area contributed by atoms with Crippen LogP contribution in [-0.2, 0) is 0 Å². The van der Waals surface area contributed by atoms with Crippen molar-refractivity contribution in [1.82, 2.24) is 9.78 Å². The smallest absolute Gasteiger partial charge is 0.257 e. The van der Waals surface area contributed by atoms with Gasteiger partial charge in [0.25, 0.3) is 5.91 Å². The van der Waals surface area contributed by atoms with Gasteiger partial charge >= 0.3 is 0 Å². The molecule has 0 atom stereocenters. The molecule has 4 rings (SSSR count). The van der Waals surface area contributed by atoms with E-state index in [9.17, 15) is 9.59 Å². The Morgan fingerprint density at radius 3 is 2.22 bits per heavy atom. The van der Waals surface area contributed by atoms with E-state index in [2.05, 4.69) is 10.4 Å². The third-order valence-electron chi connectivity index (χ3n) is 5.29. The molecule has 1 amide bonds. The predicted octanol–water partition coefficient (Wildman–Crippen LogP) is 5.73. The molecule has 0 saturated heterocycles. The molecular formula is C26H22ClN3O2. The van der Waals surface area contributed by atoms with E-state index in [4.69, 9.17) is 11.6 Å². The van der Waals surface area contributed by atoms with Crippen LogP contribution in [0.25, 0.3) is 16.8 Å². The number of benzene rings is 3. The number of rotatable bonds is 4. The lowest BCUT2D eigenvalue weighted by atomic mass is 10.0. The summed E-state index contributed by atoms with van der Waals surface area (Å²) in [6, 6.07) is 22.0. The number of aromatic nitrogens is 2. The Morgan fingerprint density at radius 2 is 1.56 bits per heavy atom. The summed E-state index contributed by atoms with van der Waals surface area (Å²) < 4.78 is 1.58. The Bertz CT molecular complexity index is 1360. The summed E-state index contributed by atoms with van der Waals surface area (Å²) in [6.45, 7) is 5.52. The van der Waals surface area contributed by atoms with Gasteiger partial charge in [0.15, 0.2) is 0 Å². The molecule has 0 radical (unpaired) electrons. The van der Waals surface area contributed by atoms with E-state index >= 15 is 0 Å². The molecule has 6 heteroatoms. The van der Waals surface area contributed by atoms with Crippen LogP contribution in [0.2, 0.25) is 5.02 Å². The van der Waals surface area contributed by atoms with Gasteiger partial charge in [-0.3, -0.25) is 9.59 Å². The second-order valence-electron chi connectivity index (χ2n) is 7.66. The van der Waals surface area contributed by atoms with Gasteiger partial charge < -0.3 is 5.32 Å². The molecule has 0 aliphatic heterocycles. The van der Waals surface area contributed by atoms with Gasteiger partial charge in [0.1, 0.15) is 11.5 Å². The number of anilines is 1. The van der Waals surface area contributed by atoms with E-state index in [1.165, 1.54) is 0 Å². The SMILES string of the molecule is Cc1ccc(-c2c(NC(=O)c3ccccc3C)n(-c3ccc(Cl)cc3)nc(C)c2=O)cc1. The standard InChI is InChI=1S/C26H22ClN3O2/c1-16-8-10-19(11-9-16)23-24(31)18(3)29-30(21-14-12-20(27)13-15-21)25(23)28-26(32)22-7-5-4-6-17(22)2/h4-15H,1-3H3,(H,28,32). The minimum Gasteiger partial charge on any atom is -0.306 e. The number of aryl methyl sites for hydroxylation is 3. The quantitative estimate of drug-likeness (QED) is 0.438. The zero-order chi connectivity index (χ0) is 22.8. The third-order valence-corrected chi connectivity index (χ3v) is 5.54. The maximum absolute atomic E-state index is 13.2. The van der Waals surface area contributed by atoms with Gasteiger partial charge in [0.2, 0.25) is 5.43 Å². The summed E-state index contributed by atoms with van der Waals surface area (Å²) in [7, 11) is 0. The molecule has 1 heterocycles. The number of carbonyl (C=O) groups is 1. The molecule has 160 valence electrons. The molecule has 32 heavy (non-hydrogen) atoms. The minimum absolute atomic E-state index is 0.237. The molecule has 1 N–H and O–H groups in total. The van der Waals surface area contributed by atoms with Crippen LogP contribution < -0.4 is 10.7 Å². The van der Waals surface area contributed by atoms with Crippen molar-refractivity contribution in [2.45, 2.75) is 20.8 Å². The Balaban J connectivity index is 1.97. The van der Waals surface area contributed by atoms with Crippen LogP contribution in [0.4, 0.5) is 5.82 Å². The topological polar surface area (TPSA) is 64.0 Å². The molecule has 0 spiro atoms. The Morgan fingerprint density at radius 1 is 0.906 bits per heavy atom. The van der Waals surface area contributed by atoms with Crippen molar-refractivity contribution in [3.63, 3.8) is 0 Å². The lowest BCUT2D eigenvalue weighted by Gasteiger charge is -2.19.